The minimum atomic E-state index is -3.75. The number of nitrogens with two attached hydrogens (primary N) is 1. The molecule has 1 unspecified atom stereocenters. The lowest BCUT2D eigenvalue weighted by atomic mass is 9.95. The molecule has 0 saturated carbocycles. The molecule has 1 fully saturated rings. The minimum Gasteiger partial charge on any atom is -0.370 e. The molecule has 1 amide bonds. The highest BCUT2D eigenvalue weighted by Crippen LogP contribution is 2.19. The van der Waals surface area contributed by atoms with Gasteiger partial charge in [-0.3, -0.25) is 9.79 Å². The Morgan fingerprint density at radius 2 is 2.15 bits per heavy atom. The number of nitrogens with one attached hydrogen (secondary N) is 1. The molecule has 0 bridgehead atoms. The number of carbonyl (C=O) groups excluding carboxylic acids is 1. The number of guanidine groups is 1. The molecule has 1 aromatic carbocycles. The smallest absolute Gasteiger partial charge is 0.217 e. The quantitative estimate of drug-likeness (QED) is 0.530. The highest BCUT2D eigenvalue weighted by atomic mass is 32.2. The van der Waals surface area contributed by atoms with Crippen LogP contribution in [-0.4, -0.2) is 57.1 Å². The first-order valence-electron chi connectivity index (χ1n) is 9.12. The van der Waals surface area contributed by atoms with E-state index in [1.807, 2.05) is 11.8 Å². The summed E-state index contributed by atoms with van der Waals surface area (Å²) in [6.45, 7) is 4.01. The van der Waals surface area contributed by atoms with Gasteiger partial charge in [0.2, 0.25) is 5.91 Å². The van der Waals surface area contributed by atoms with Crippen LogP contribution in [0.15, 0.2) is 34.2 Å². The van der Waals surface area contributed by atoms with Crippen LogP contribution >= 0.6 is 0 Å². The van der Waals surface area contributed by atoms with Gasteiger partial charge in [0.1, 0.15) is 10.7 Å². The molecule has 1 aliphatic heterocycles. The molecule has 27 heavy (non-hydrogen) atoms. The van der Waals surface area contributed by atoms with Gasteiger partial charge in [-0.2, -0.15) is 0 Å². The Bertz CT molecular complexity index is 783. The molecular formula is C18H27FN4O3S. The third-order valence-electron chi connectivity index (χ3n) is 4.44. The Morgan fingerprint density at radius 3 is 2.81 bits per heavy atom. The van der Waals surface area contributed by atoms with Gasteiger partial charge in [-0.15, -0.1) is 0 Å². The number of likely N-dealkylation sites (tertiary alicyclic amines) is 1. The van der Waals surface area contributed by atoms with Crippen LogP contribution in [0.25, 0.3) is 0 Å². The predicted octanol–water partition coefficient (Wildman–Crippen LogP) is 1.15. The summed E-state index contributed by atoms with van der Waals surface area (Å²) >= 11 is 0. The van der Waals surface area contributed by atoms with E-state index in [-0.39, 0.29) is 29.0 Å². The molecule has 0 aromatic heterocycles. The van der Waals surface area contributed by atoms with Crippen molar-refractivity contribution >= 4 is 21.7 Å². The van der Waals surface area contributed by atoms with Gasteiger partial charge in [-0.05, 0) is 37.8 Å². The molecule has 9 heteroatoms. The molecule has 1 aliphatic rings. The minimum absolute atomic E-state index is 0.0238. The van der Waals surface area contributed by atoms with Gasteiger partial charge < -0.3 is 16.0 Å². The van der Waals surface area contributed by atoms with Crippen molar-refractivity contribution in [2.24, 2.45) is 16.6 Å². The van der Waals surface area contributed by atoms with E-state index in [0.29, 0.717) is 25.5 Å². The van der Waals surface area contributed by atoms with Crippen LogP contribution in [0.4, 0.5) is 4.39 Å². The van der Waals surface area contributed by atoms with Crippen LogP contribution in [0.3, 0.4) is 0 Å². The van der Waals surface area contributed by atoms with E-state index in [0.717, 1.165) is 25.5 Å². The Labute approximate surface area is 159 Å². The Hall–Kier alpha value is -2.16. The summed E-state index contributed by atoms with van der Waals surface area (Å²) in [6, 6.07) is 5.34. The molecule has 0 aliphatic carbocycles. The first-order valence-corrected chi connectivity index (χ1v) is 10.8. The lowest BCUT2D eigenvalue weighted by Gasteiger charge is -2.34. The number of hydrogen-bond acceptors (Lipinski definition) is 4. The van der Waals surface area contributed by atoms with Crippen molar-refractivity contribution in [3.63, 3.8) is 0 Å². The summed E-state index contributed by atoms with van der Waals surface area (Å²) in [5, 5.41) is 3.15. The van der Waals surface area contributed by atoms with Crippen molar-refractivity contribution in [1.82, 2.24) is 10.2 Å². The van der Waals surface area contributed by atoms with Crippen molar-refractivity contribution in [1.29, 1.82) is 0 Å². The summed E-state index contributed by atoms with van der Waals surface area (Å²) in [5.41, 5.74) is 5.30. The van der Waals surface area contributed by atoms with Crippen molar-refractivity contribution in [3.8, 4) is 0 Å². The lowest BCUT2D eigenvalue weighted by Crippen LogP contribution is -2.47. The van der Waals surface area contributed by atoms with Crippen LogP contribution < -0.4 is 11.1 Å². The fourth-order valence-corrected chi connectivity index (χ4v) is 4.42. The third kappa shape index (κ3) is 6.20. The van der Waals surface area contributed by atoms with Crippen LogP contribution in [0.1, 0.15) is 26.2 Å². The molecule has 1 heterocycles. The number of amides is 1. The number of sulfone groups is 1. The fourth-order valence-electron chi connectivity index (χ4n) is 3.21. The second-order valence-electron chi connectivity index (χ2n) is 6.61. The normalized spacial score (nSPS) is 18.4. The van der Waals surface area contributed by atoms with E-state index in [1.165, 1.54) is 18.2 Å². The van der Waals surface area contributed by atoms with E-state index in [9.17, 15) is 17.6 Å². The van der Waals surface area contributed by atoms with E-state index < -0.39 is 15.7 Å². The van der Waals surface area contributed by atoms with Crippen molar-refractivity contribution in [3.05, 3.63) is 30.1 Å². The zero-order valence-corrected chi connectivity index (χ0v) is 16.3. The molecule has 1 atom stereocenters. The number of hydrogen-bond donors (Lipinski definition) is 2. The standard InChI is InChI=1S/C18H27FN4O3S/c1-2-21-18(23-10-5-6-14(13-23)12-17(20)24)22-9-11-27(25,26)16-8-4-3-7-15(16)19/h3-4,7-8,14H,2,5-6,9-13H2,1H3,(H2,20,24)(H,21,22). The maximum Gasteiger partial charge on any atom is 0.217 e. The topological polar surface area (TPSA) is 105 Å². The highest BCUT2D eigenvalue weighted by Gasteiger charge is 2.24. The number of halogens is 1. The molecule has 7 nitrogen and oxygen atoms in total. The number of carbonyl (C=O) groups is 1. The maximum atomic E-state index is 13.8. The molecule has 0 radical (unpaired) electrons. The average molecular weight is 399 g/mol. The third-order valence-corrected chi connectivity index (χ3v) is 6.16. The second kappa shape index (κ2) is 9.68. The van der Waals surface area contributed by atoms with E-state index in [4.69, 9.17) is 5.73 Å². The van der Waals surface area contributed by atoms with Gasteiger partial charge in [-0.1, -0.05) is 12.1 Å². The number of piperidine rings is 1. The van der Waals surface area contributed by atoms with Gasteiger partial charge in [-0.25, -0.2) is 12.8 Å². The van der Waals surface area contributed by atoms with Crippen molar-refractivity contribution < 1.29 is 17.6 Å². The summed E-state index contributed by atoms with van der Waals surface area (Å²) < 4.78 is 38.5. The Kier molecular flexibility index (Phi) is 7.58. The monoisotopic (exact) mass is 398 g/mol. The van der Waals surface area contributed by atoms with Gasteiger partial charge in [0.05, 0.1) is 12.3 Å². The van der Waals surface area contributed by atoms with Crippen molar-refractivity contribution in [2.45, 2.75) is 31.1 Å². The first-order chi connectivity index (χ1) is 12.8. The van der Waals surface area contributed by atoms with Crippen LogP contribution in [0, 0.1) is 11.7 Å². The molecule has 0 spiro atoms. The summed E-state index contributed by atoms with van der Waals surface area (Å²) in [7, 11) is -3.75. The highest BCUT2D eigenvalue weighted by molar-refractivity contribution is 7.91. The molecular weight excluding hydrogens is 371 g/mol. The van der Waals surface area contributed by atoms with Crippen molar-refractivity contribution in [2.75, 3.05) is 31.9 Å². The Morgan fingerprint density at radius 1 is 1.41 bits per heavy atom. The van der Waals surface area contributed by atoms with E-state index in [2.05, 4.69) is 10.3 Å². The number of primary amides is 1. The Balaban J connectivity index is 2.04. The maximum absolute atomic E-state index is 13.8. The molecule has 1 aromatic rings. The van der Waals surface area contributed by atoms with Crippen LogP contribution in [0.2, 0.25) is 0 Å². The molecule has 2 rings (SSSR count). The molecule has 150 valence electrons. The zero-order valence-electron chi connectivity index (χ0n) is 15.5. The van der Waals surface area contributed by atoms with Gasteiger partial charge in [0.25, 0.3) is 0 Å². The van der Waals surface area contributed by atoms with E-state index >= 15 is 0 Å². The number of benzene rings is 1. The predicted molar refractivity (Wildman–Crippen MR) is 103 cm³/mol. The number of rotatable bonds is 7. The van der Waals surface area contributed by atoms with Gasteiger partial charge in [0.15, 0.2) is 15.8 Å². The summed E-state index contributed by atoms with van der Waals surface area (Å²) in [6.07, 6.45) is 2.17. The largest absolute Gasteiger partial charge is 0.370 e. The molecule has 1 saturated heterocycles. The second-order valence-corrected chi connectivity index (χ2v) is 8.69. The van der Waals surface area contributed by atoms with Crippen LogP contribution in [-0.2, 0) is 14.6 Å². The SMILES string of the molecule is CCNC(=NCCS(=O)(=O)c1ccccc1F)N1CCCC(CC(N)=O)C1. The number of aliphatic imine (C=N–C) groups is 1. The molecule has 3 N–H and O–H groups in total. The summed E-state index contributed by atoms with van der Waals surface area (Å²) in [5.74, 6) is -0.572. The zero-order chi connectivity index (χ0) is 19.9. The van der Waals surface area contributed by atoms with Gasteiger partial charge in [0, 0.05) is 26.1 Å². The average Bonchev–Trinajstić information content (AvgIpc) is 2.61. The summed E-state index contributed by atoms with van der Waals surface area (Å²) in [4.78, 5) is 17.3. The van der Waals surface area contributed by atoms with E-state index in [1.54, 1.807) is 0 Å². The van der Waals surface area contributed by atoms with Gasteiger partial charge >= 0.3 is 0 Å². The fraction of sp³-hybridized carbons (Fsp3) is 0.556. The first kappa shape index (κ1) is 21.1. The number of nitrogens with zero attached hydrogens (tertiary/aromatic N) is 2. The van der Waals surface area contributed by atoms with Crippen LogP contribution in [0.5, 0.6) is 0 Å². The lowest BCUT2D eigenvalue weighted by molar-refractivity contribution is -0.119.